The molecule has 0 aliphatic heterocycles. The van der Waals surface area contributed by atoms with Crippen molar-refractivity contribution in [3.63, 3.8) is 0 Å². The molecular formula is C19H17FN2O3. The van der Waals surface area contributed by atoms with Crippen LogP contribution in [0.3, 0.4) is 0 Å². The van der Waals surface area contributed by atoms with Gasteiger partial charge in [0.15, 0.2) is 17.2 Å². The normalized spacial score (nSPS) is 10.7. The number of carbonyl (C=O) groups excluding carboxylic acids is 2. The number of para-hydroxylation sites is 1. The van der Waals surface area contributed by atoms with E-state index in [0.29, 0.717) is 27.8 Å². The SMILES string of the molecule is CNC(=O)c1cccc(NC(=O)c2oc3c(F)cccc3c2C)c1C. The Morgan fingerprint density at radius 2 is 1.72 bits per heavy atom. The predicted molar refractivity (Wildman–Crippen MR) is 93.4 cm³/mol. The number of rotatable bonds is 3. The number of carbonyl (C=O) groups is 2. The van der Waals surface area contributed by atoms with Gasteiger partial charge < -0.3 is 15.1 Å². The maximum atomic E-state index is 13.8. The second-order valence-corrected chi connectivity index (χ2v) is 5.68. The molecule has 0 bridgehead atoms. The number of fused-ring (bicyclic) bond motifs is 1. The Morgan fingerprint density at radius 3 is 2.40 bits per heavy atom. The average molecular weight is 340 g/mol. The van der Waals surface area contributed by atoms with Crippen molar-refractivity contribution in [3.05, 3.63) is 64.7 Å². The summed E-state index contributed by atoms with van der Waals surface area (Å²) in [6.07, 6.45) is 0. The van der Waals surface area contributed by atoms with Crippen LogP contribution in [0.2, 0.25) is 0 Å². The molecule has 0 radical (unpaired) electrons. The molecule has 0 spiro atoms. The number of nitrogens with one attached hydrogen (secondary N) is 2. The molecular weight excluding hydrogens is 323 g/mol. The zero-order chi connectivity index (χ0) is 18.1. The molecule has 6 heteroatoms. The first kappa shape index (κ1) is 16.7. The number of hydrogen-bond donors (Lipinski definition) is 2. The van der Waals surface area contributed by atoms with Crippen LogP contribution in [0.1, 0.15) is 32.0 Å². The van der Waals surface area contributed by atoms with Crippen molar-refractivity contribution in [1.82, 2.24) is 5.32 Å². The lowest BCUT2D eigenvalue weighted by Crippen LogP contribution is -2.20. The quantitative estimate of drug-likeness (QED) is 0.762. The Morgan fingerprint density at radius 1 is 1.00 bits per heavy atom. The first-order valence-corrected chi connectivity index (χ1v) is 7.74. The third-order valence-corrected chi connectivity index (χ3v) is 4.18. The van der Waals surface area contributed by atoms with Gasteiger partial charge in [0.1, 0.15) is 0 Å². The van der Waals surface area contributed by atoms with Gasteiger partial charge in [-0.2, -0.15) is 0 Å². The molecule has 0 aliphatic rings. The van der Waals surface area contributed by atoms with Gasteiger partial charge in [0.25, 0.3) is 11.8 Å². The summed E-state index contributed by atoms with van der Waals surface area (Å²) in [6.45, 7) is 3.44. The van der Waals surface area contributed by atoms with E-state index in [1.165, 1.54) is 6.07 Å². The summed E-state index contributed by atoms with van der Waals surface area (Å²) in [5, 5.41) is 5.84. The Bertz CT molecular complexity index is 992. The lowest BCUT2D eigenvalue weighted by molar-refractivity contribution is 0.0959. The Hall–Kier alpha value is -3.15. The molecule has 2 amide bonds. The fourth-order valence-corrected chi connectivity index (χ4v) is 2.76. The molecule has 0 saturated heterocycles. The summed E-state index contributed by atoms with van der Waals surface area (Å²) in [7, 11) is 1.54. The van der Waals surface area contributed by atoms with Crippen molar-refractivity contribution in [2.75, 3.05) is 12.4 Å². The highest BCUT2D eigenvalue weighted by atomic mass is 19.1. The van der Waals surface area contributed by atoms with Crippen LogP contribution < -0.4 is 10.6 Å². The van der Waals surface area contributed by atoms with E-state index >= 15 is 0 Å². The van der Waals surface area contributed by atoms with E-state index in [4.69, 9.17) is 4.42 Å². The third kappa shape index (κ3) is 2.87. The van der Waals surface area contributed by atoms with Crippen molar-refractivity contribution in [3.8, 4) is 0 Å². The van der Waals surface area contributed by atoms with E-state index in [2.05, 4.69) is 10.6 Å². The highest BCUT2D eigenvalue weighted by molar-refractivity contribution is 6.07. The largest absolute Gasteiger partial charge is 0.448 e. The van der Waals surface area contributed by atoms with E-state index in [1.807, 2.05) is 0 Å². The van der Waals surface area contributed by atoms with Gasteiger partial charge in [0.05, 0.1) is 0 Å². The summed E-state index contributed by atoms with van der Waals surface area (Å²) in [6, 6.07) is 9.59. The number of amides is 2. The van der Waals surface area contributed by atoms with Crippen LogP contribution >= 0.6 is 0 Å². The van der Waals surface area contributed by atoms with Gasteiger partial charge in [-0.3, -0.25) is 9.59 Å². The topological polar surface area (TPSA) is 71.3 Å². The minimum atomic E-state index is -0.516. The van der Waals surface area contributed by atoms with Gasteiger partial charge in [0.2, 0.25) is 0 Å². The van der Waals surface area contributed by atoms with Crippen molar-refractivity contribution in [1.29, 1.82) is 0 Å². The minimum absolute atomic E-state index is 0.0462. The number of anilines is 1. The van der Waals surface area contributed by atoms with Gasteiger partial charge in [0, 0.05) is 29.2 Å². The number of benzene rings is 2. The maximum absolute atomic E-state index is 13.8. The molecule has 5 nitrogen and oxygen atoms in total. The van der Waals surface area contributed by atoms with E-state index < -0.39 is 11.7 Å². The smallest absolute Gasteiger partial charge is 0.291 e. The number of hydrogen-bond acceptors (Lipinski definition) is 3. The molecule has 0 unspecified atom stereocenters. The third-order valence-electron chi connectivity index (χ3n) is 4.18. The molecule has 3 rings (SSSR count). The fraction of sp³-hybridized carbons (Fsp3) is 0.158. The number of halogens is 1. The minimum Gasteiger partial charge on any atom is -0.448 e. The van der Waals surface area contributed by atoms with E-state index in [0.717, 1.165) is 0 Å². The van der Waals surface area contributed by atoms with Crippen LogP contribution in [0.4, 0.5) is 10.1 Å². The van der Waals surface area contributed by atoms with Crippen molar-refractivity contribution < 1.29 is 18.4 Å². The predicted octanol–water partition coefficient (Wildman–Crippen LogP) is 3.80. The lowest BCUT2D eigenvalue weighted by Gasteiger charge is -2.11. The van der Waals surface area contributed by atoms with E-state index in [1.54, 1.807) is 51.2 Å². The van der Waals surface area contributed by atoms with Crippen molar-refractivity contribution in [2.24, 2.45) is 0 Å². The molecule has 2 N–H and O–H groups in total. The van der Waals surface area contributed by atoms with Gasteiger partial charge in [-0.1, -0.05) is 18.2 Å². The second kappa shape index (κ2) is 6.39. The maximum Gasteiger partial charge on any atom is 0.291 e. The Kier molecular flexibility index (Phi) is 4.27. The molecule has 0 fully saturated rings. The molecule has 128 valence electrons. The van der Waals surface area contributed by atoms with Crippen molar-refractivity contribution in [2.45, 2.75) is 13.8 Å². The zero-order valence-electron chi connectivity index (χ0n) is 14.1. The van der Waals surface area contributed by atoms with Gasteiger partial charge in [-0.15, -0.1) is 0 Å². The van der Waals surface area contributed by atoms with Gasteiger partial charge >= 0.3 is 0 Å². The standard InChI is InChI=1S/C19H17FN2O3/c1-10-13(18(23)21-3)7-5-9-15(10)22-19(24)16-11(2)12-6-4-8-14(20)17(12)25-16/h4-9H,1-3H3,(H,21,23)(H,22,24). The first-order valence-electron chi connectivity index (χ1n) is 7.74. The van der Waals surface area contributed by atoms with Crippen LogP contribution in [-0.4, -0.2) is 18.9 Å². The molecule has 1 heterocycles. The van der Waals surface area contributed by atoms with E-state index in [-0.39, 0.29) is 17.3 Å². The highest BCUT2D eigenvalue weighted by Gasteiger charge is 2.20. The fourth-order valence-electron chi connectivity index (χ4n) is 2.76. The van der Waals surface area contributed by atoms with Crippen LogP contribution in [0.15, 0.2) is 40.8 Å². The Balaban J connectivity index is 1.97. The summed E-state index contributed by atoms with van der Waals surface area (Å²) in [4.78, 5) is 24.5. The molecule has 0 saturated carbocycles. The second-order valence-electron chi connectivity index (χ2n) is 5.68. The van der Waals surface area contributed by atoms with Gasteiger partial charge in [-0.25, -0.2) is 4.39 Å². The van der Waals surface area contributed by atoms with E-state index in [9.17, 15) is 14.0 Å². The molecule has 0 atom stereocenters. The lowest BCUT2D eigenvalue weighted by atomic mass is 10.1. The van der Waals surface area contributed by atoms with Crippen LogP contribution in [0.25, 0.3) is 11.0 Å². The van der Waals surface area contributed by atoms with Crippen LogP contribution in [-0.2, 0) is 0 Å². The molecule has 3 aromatic rings. The summed E-state index contributed by atoms with van der Waals surface area (Å²) < 4.78 is 19.3. The zero-order valence-corrected chi connectivity index (χ0v) is 14.1. The summed E-state index contributed by atoms with van der Waals surface area (Å²) in [5.74, 6) is -1.21. The summed E-state index contributed by atoms with van der Waals surface area (Å²) >= 11 is 0. The summed E-state index contributed by atoms with van der Waals surface area (Å²) in [5.41, 5.74) is 2.21. The molecule has 2 aromatic carbocycles. The first-order chi connectivity index (χ1) is 11.9. The van der Waals surface area contributed by atoms with Crippen LogP contribution in [0, 0.1) is 19.7 Å². The van der Waals surface area contributed by atoms with Crippen molar-refractivity contribution >= 4 is 28.5 Å². The molecule has 25 heavy (non-hydrogen) atoms. The highest BCUT2D eigenvalue weighted by Crippen LogP contribution is 2.28. The Labute approximate surface area is 143 Å². The van der Waals surface area contributed by atoms with Gasteiger partial charge in [-0.05, 0) is 37.6 Å². The molecule has 1 aromatic heterocycles. The molecule has 0 aliphatic carbocycles. The average Bonchev–Trinajstić information content (AvgIpc) is 2.94. The monoisotopic (exact) mass is 340 g/mol. The van der Waals surface area contributed by atoms with Crippen LogP contribution in [0.5, 0.6) is 0 Å². The number of aryl methyl sites for hydroxylation is 1. The number of furan rings is 1.